The van der Waals surface area contributed by atoms with E-state index < -0.39 is 0 Å². The predicted molar refractivity (Wildman–Crippen MR) is 165 cm³/mol. The molecule has 0 spiro atoms. The van der Waals surface area contributed by atoms with Crippen molar-refractivity contribution in [2.75, 3.05) is 12.4 Å². The third-order valence-corrected chi connectivity index (χ3v) is 8.67. The van der Waals surface area contributed by atoms with E-state index in [-0.39, 0.29) is 11.3 Å². The summed E-state index contributed by atoms with van der Waals surface area (Å²) in [7, 11) is 1.66. The number of methoxy groups -OCH3 is 1. The van der Waals surface area contributed by atoms with Crippen molar-refractivity contribution in [1.29, 1.82) is 0 Å². The normalized spacial score (nSPS) is 15.1. The number of ether oxygens (including phenoxy) is 2. The minimum absolute atomic E-state index is 0.0904. The lowest BCUT2D eigenvalue weighted by atomic mass is 9.72. The standard InChI is InChI=1S/C34H36N2O3S/c1-34(2,3)25-14-19-29-30(20-25)40-33(31(29)32(37)36-26-8-6-5-7-9-26)35-21-23-10-17-28(18-11-23)39-22-24-12-15-27(38-4)16-13-24/h5-13,15-18,21,25H,14,19-20,22H2,1-4H3,(H,36,37)/t25-/m0/s1. The Bertz CT molecular complexity index is 1470. The van der Waals surface area contributed by atoms with Crippen LogP contribution in [-0.4, -0.2) is 19.2 Å². The summed E-state index contributed by atoms with van der Waals surface area (Å²) in [6, 6.07) is 25.3. The van der Waals surface area contributed by atoms with E-state index in [4.69, 9.17) is 14.5 Å². The van der Waals surface area contributed by atoms with Crippen molar-refractivity contribution < 1.29 is 14.3 Å². The van der Waals surface area contributed by atoms with Crippen LogP contribution in [0, 0.1) is 11.3 Å². The number of benzene rings is 3. The summed E-state index contributed by atoms with van der Waals surface area (Å²) in [5, 5.41) is 3.86. The molecule has 0 fully saturated rings. The summed E-state index contributed by atoms with van der Waals surface area (Å²) in [5.74, 6) is 2.11. The fourth-order valence-corrected chi connectivity index (χ4v) is 6.29. The number of anilines is 1. The van der Waals surface area contributed by atoms with Crippen LogP contribution in [0.25, 0.3) is 0 Å². The van der Waals surface area contributed by atoms with Crippen molar-refractivity contribution in [2.45, 2.75) is 46.6 Å². The second-order valence-corrected chi connectivity index (χ2v) is 12.4. The van der Waals surface area contributed by atoms with E-state index in [0.29, 0.717) is 18.1 Å². The molecule has 0 aliphatic heterocycles. The third kappa shape index (κ3) is 6.62. The highest BCUT2D eigenvalue weighted by Crippen LogP contribution is 2.45. The molecule has 6 heteroatoms. The second-order valence-electron chi connectivity index (χ2n) is 11.3. The maximum atomic E-state index is 13.5. The van der Waals surface area contributed by atoms with E-state index in [9.17, 15) is 4.79 Å². The monoisotopic (exact) mass is 552 g/mol. The first-order chi connectivity index (χ1) is 19.3. The number of amides is 1. The Labute approximate surface area is 240 Å². The van der Waals surface area contributed by atoms with Gasteiger partial charge in [-0.3, -0.25) is 4.79 Å². The second kappa shape index (κ2) is 12.1. The van der Waals surface area contributed by atoms with Crippen LogP contribution in [0.2, 0.25) is 0 Å². The van der Waals surface area contributed by atoms with Crippen LogP contribution in [0.1, 0.15) is 59.1 Å². The number of thiophene rings is 1. The van der Waals surface area contributed by atoms with Crippen molar-refractivity contribution in [3.05, 3.63) is 106 Å². The molecule has 4 aromatic rings. The number of para-hydroxylation sites is 1. The zero-order valence-electron chi connectivity index (χ0n) is 23.6. The highest BCUT2D eigenvalue weighted by atomic mass is 32.1. The quantitative estimate of drug-likeness (QED) is 0.223. The smallest absolute Gasteiger partial charge is 0.259 e. The lowest BCUT2D eigenvalue weighted by Gasteiger charge is -2.33. The van der Waals surface area contributed by atoms with E-state index in [2.05, 4.69) is 26.1 Å². The van der Waals surface area contributed by atoms with E-state index in [1.807, 2.05) is 85.1 Å². The summed E-state index contributed by atoms with van der Waals surface area (Å²) < 4.78 is 11.2. The third-order valence-electron chi connectivity index (χ3n) is 7.51. The lowest BCUT2D eigenvalue weighted by Crippen LogP contribution is -2.27. The highest BCUT2D eigenvalue weighted by molar-refractivity contribution is 7.16. The molecule has 206 valence electrons. The van der Waals surface area contributed by atoms with Crippen molar-refractivity contribution in [3.63, 3.8) is 0 Å². The molecule has 5 nitrogen and oxygen atoms in total. The van der Waals surface area contributed by atoms with Gasteiger partial charge in [0.2, 0.25) is 0 Å². The Hall–Kier alpha value is -3.90. The molecule has 0 radical (unpaired) electrons. The first kappa shape index (κ1) is 27.7. The maximum Gasteiger partial charge on any atom is 0.259 e. The van der Waals surface area contributed by atoms with Gasteiger partial charge in [0.05, 0.1) is 12.7 Å². The summed E-state index contributed by atoms with van der Waals surface area (Å²) in [6.07, 6.45) is 4.82. The van der Waals surface area contributed by atoms with Crippen LogP contribution in [-0.2, 0) is 19.4 Å². The van der Waals surface area contributed by atoms with E-state index in [1.165, 1.54) is 4.88 Å². The van der Waals surface area contributed by atoms with E-state index >= 15 is 0 Å². The number of rotatable bonds is 8. The van der Waals surface area contributed by atoms with Crippen LogP contribution < -0.4 is 14.8 Å². The molecule has 1 amide bonds. The number of nitrogens with one attached hydrogen (secondary N) is 1. The molecule has 5 rings (SSSR count). The zero-order chi connectivity index (χ0) is 28.1. The van der Waals surface area contributed by atoms with Gasteiger partial charge in [0.25, 0.3) is 5.91 Å². The summed E-state index contributed by atoms with van der Waals surface area (Å²) in [5.41, 5.74) is 4.92. The molecule has 3 aromatic carbocycles. The molecule has 1 aliphatic rings. The average Bonchev–Trinajstić information content (AvgIpc) is 3.34. The zero-order valence-corrected chi connectivity index (χ0v) is 24.4. The number of hydrogen-bond acceptors (Lipinski definition) is 5. The van der Waals surface area contributed by atoms with Crippen molar-refractivity contribution in [2.24, 2.45) is 16.3 Å². The summed E-state index contributed by atoms with van der Waals surface area (Å²) in [6.45, 7) is 7.40. The van der Waals surface area contributed by atoms with E-state index in [0.717, 1.165) is 58.1 Å². The molecule has 1 N–H and O–H groups in total. The van der Waals surface area contributed by atoms with Gasteiger partial charge in [0.1, 0.15) is 23.1 Å². The van der Waals surface area contributed by atoms with Crippen LogP contribution in [0.3, 0.4) is 0 Å². The molecule has 40 heavy (non-hydrogen) atoms. The Morgan fingerprint density at radius 3 is 2.38 bits per heavy atom. The molecule has 1 aromatic heterocycles. The Morgan fingerprint density at radius 2 is 1.70 bits per heavy atom. The van der Waals surface area contributed by atoms with Gasteiger partial charge in [-0.2, -0.15) is 0 Å². The van der Waals surface area contributed by atoms with Crippen LogP contribution >= 0.6 is 11.3 Å². The Kier molecular flexibility index (Phi) is 8.36. The van der Waals surface area contributed by atoms with Gasteiger partial charge < -0.3 is 14.8 Å². The van der Waals surface area contributed by atoms with Crippen molar-refractivity contribution in [1.82, 2.24) is 0 Å². The minimum atomic E-state index is -0.0904. The largest absolute Gasteiger partial charge is 0.497 e. The fraction of sp³-hybridized carbons (Fsp3) is 0.294. The van der Waals surface area contributed by atoms with Gasteiger partial charge >= 0.3 is 0 Å². The van der Waals surface area contributed by atoms with Crippen LogP contribution in [0.5, 0.6) is 11.5 Å². The lowest BCUT2D eigenvalue weighted by molar-refractivity contribution is 0.102. The molecular formula is C34H36N2O3S. The maximum absolute atomic E-state index is 13.5. The van der Waals surface area contributed by atoms with Gasteiger partial charge in [0.15, 0.2) is 0 Å². The van der Waals surface area contributed by atoms with Gasteiger partial charge in [-0.15, -0.1) is 11.3 Å². The number of nitrogens with zero attached hydrogens (tertiary/aromatic N) is 1. The number of hydrogen-bond donors (Lipinski definition) is 1. The highest BCUT2D eigenvalue weighted by Gasteiger charge is 2.33. The fourth-order valence-electron chi connectivity index (χ4n) is 5.02. The predicted octanol–water partition coefficient (Wildman–Crippen LogP) is 8.49. The number of carbonyl (C=O) groups is 1. The molecule has 0 unspecified atom stereocenters. The van der Waals surface area contributed by atoms with Crippen LogP contribution in [0.4, 0.5) is 10.7 Å². The van der Waals surface area contributed by atoms with Crippen molar-refractivity contribution >= 4 is 34.1 Å². The van der Waals surface area contributed by atoms with Crippen LogP contribution in [0.15, 0.2) is 83.9 Å². The molecular weight excluding hydrogens is 516 g/mol. The van der Waals surface area contributed by atoms with Gasteiger partial charge in [0, 0.05) is 16.8 Å². The van der Waals surface area contributed by atoms with Gasteiger partial charge in [-0.25, -0.2) is 4.99 Å². The number of carbonyl (C=O) groups excluding carboxylic acids is 1. The average molecular weight is 553 g/mol. The van der Waals surface area contributed by atoms with Crippen molar-refractivity contribution in [3.8, 4) is 11.5 Å². The SMILES string of the molecule is COc1ccc(COc2ccc(C=Nc3sc4c(c3C(=O)Nc3ccccc3)CC[C@H](C(C)(C)C)C4)cc2)cc1. The summed E-state index contributed by atoms with van der Waals surface area (Å²) in [4.78, 5) is 19.7. The molecule has 1 aliphatic carbocycles. The first-order valence-corrected chi connectivity index (χ1v) is 14.5. The Morgan fingerprint density at radius 1 is 1.00 bits per heavy atom. The Balaban J connectivity index is 1.34. The molecule has 0 saturated carbocycles. The first-order valence-electron chi connectivity index (χ1n) is 13.7. The van der Waals surface area contributed by atoms with Gasteiger partial charge in [-0.1, -0.05) is 51.1 Å². The van der Waals surface area contributed by atoms with Gasteiger partial charge in [-0.05, 0) is 95.8 Å². The number of aliphatic imine (C=N–C) groups is 1. The summed E-state index contributed by atoms with van der Waals surface area (Å²) >= 11 is 1.66. The number of fused-ring (bicyclic) bond motifs is 1. The molecule has 0 bridgehead atoms. The molecule has 1 heterocycles. The molecule has 0 saturated heterocycles. The topological polar surface area (TPSA) is 59.9 Å². The molecule has 1 atom stereocenters. The minimum Gasteiger partial charge on any atom is -0.497 e. The van der Waals surface area contributed by atoms with E-state index in [1.54, 1.807) is 18.4 Å².